The second kappa shape index (κ2) is 10.1. The Morgan fingerprint density at radius 3 is 2.70 bits per heavy atom. The lowest BCUT2D eigenvalue weighted by atomic mass is 10.1. The molecule has 0 saturated carbocycles. The van der Waals surface area contributed by atoms with Crippen molar-refractivity contribution in [3.8, 4) is 0 Å². The molecule has 1 aliphatic rings. The largest absolute Gasteiger partial charge is 0.454 e. The third-order valence-corrected chi connectivity index (χ3v) is 4.37. The number of nitrogens with two attached hydrogens (primary N) is 1. The summed E-state index contributed by atoms with van der Waals surface area (Å²) >= 11 is 0. The number of rotatable bonds is 5. The zero-order chi connectivity index (χ0) is 18.4. The molecule has 3 rings (SSSR count). The molecule has 27 heavy (non-hydrogen) atoms. The van der Waals surface area contributed by atoms with Gasteiger partial charge in [-0.2, -0.15) is 0 Å². The van der Waals surface area contributed by atoms with E-state index in [1.54, 1.807) is 19.2 Å². The summed E-state index contributed by atoms with van der Waals surface area (Å²) in [7, 11) is 1.73. The number of carbonyl (C=O) groups excluding carboxylic acids is 1. The van der Waals surface area contributed by atoms with Crippen molar-refractivity contribution >= 4 is 41.7 Å². The number of amides is 1. The highest BCUT2D eigenvalue weighted by atomic mass is 127. The Kier molecular flexibility index (Phi) is 7.89. The van der Waals surface area contributed by atoms with Crippen LogP contribution in [-0.4, -0.2) is 43.0 Å². The van der Waals surface area contributed by atoms with Gasteiger partial charge in [0.2, 0.25) is 0 Å². The number of hydrogen-bond donors (Lipinski definition) is 3. The fraction of sp³-hybridized carbons (Fsp3) is 0.389. The van der Waals surface area contributed by atoms with Gasteiger partial charge in [0.1, 0.15) is 11.6 Å². The maximum Gasteiger partial charge on any atom is 0.284 e. The number of pyridine rings is 1. The van der Waals surface area contributed by atoms with Crippen molar-refractivity contribution < 1.29 is 9.21 Å². The third kappa shape index (κ3) is 5.84. The zero-order valence-electron chi connectivity index (χ0n) is 15.2. The molecule has 1 amide bonds. The predicted molar refractivity (Wildman–Crippen MR) is 115 cm³/mol. The van der Waals surface area contributed by atoms with Gasteiger partial charge in [-0.25, -0.2) is 4.98 Å². The van der Waals surface area contributed by atoms with Crippen molar-refractivity contribution in [2.75, 3.05) is 25.0 Å². The zero-order valence-corrected chi connectivity index (χ0v) is 17.6. The number of primary amides is 1. The van der Waals surface area contributed by atoms with Crippen LogP contribution in [0.3, 0.4) is 0 Å². The van der Waals surface area contributed by atoms with E-state index in [0.717, 1.165) is 31.7 Å². The maximum atomic E-state index is 11.1. The number of piperidine rings is 1. The molecule has 3 heterocycles. The Hall–Kier alpha value is -2.30. The van der Waals surface area contributed by atoms with E-state index < -0.39 is 5.91 Å². The van der Waals surface area contributed by atoms with Crippen molar-refractivity contribution in [3.05, 3.63) is 48.0 Å². The topological polar surface area (TPSA) is 109 Å². The SMILES string of the molecule is CN=C(NCc1ccc(C(N)=O)o1)NC1CCN(c2ccccn2)CC1.I. The minimum atomic E-state index is -0.571. The molecule has 2 aromatic heterocycles. The highest BCUT2D eigenvalue weighted by molar-refractivity contribution is 14.0. The number of carbonyl (C=O) groups is 1. The number of anilines is 1. The van der Waals surface area contributed by atoms with Crippen molar-refractivity contribution in [2.45, 2.75) is 25.4 Å². The second-order valence-corrected chi connectivity index (χ2v) is 6.15. The second-order valence-electron chi connectivity index (χ2n) is 6.15. The van der Waals surface area contributed by atoms with Crippen LogP contribution in [0.25, 0.3) is 0 Å². The highest BCUT2D eigenvalue weighted by Crippen LogP contribution is 2.17. The van der Waals surface area contributed by atoms with E-state index in [1.165, 1.54) is 0 Å². The molecule has 0 aliphatic carbocycles. The van der Waals surface area contributed by atoms with Crippen molar-refractivity contribution in [1.82, 2.24) is 15.6 Å². The minimum Gasteiger partial charge on any atom is -0.454 e. The van der Waals surface area contributed by atoms with Crippen molar-refractivity contribution in [1.29, 1.82) is 0 Å². The standard InChI is InChI=1S/C18H24N6O2.HI/c1-20-18(22-12-14-5-6-15(26-14)17(19)25)23-13-7-10-24(11-8-13)16-4-2-3-9-21-16;/h2-6,9,13H,7-8,10-12H2,1H3,(H2,19,25)(H2,20,22,23);1H. The van der Waals surface area contributed by atoms with Gasteiger partial charge in [-0.3, -0.25) is 9.79 Å². The molecule has 8 nitrogen and oxygen atoms in total. The van der Waals surface area contributed by atoms with Crippen molar-refractivity contribution in [3.63, 3.8) is 0 Å². The van der Waals surface area contributed by atoms with Gasteiger partial charge in [-0.15, -0.1) is 24.0 Å². The van der Waals surface area contributed by atoms with E-state index >= 15 is 0 Å². The van der Waals surface area contributed by atoms with Gasteiger partial charge in [0, 0.05) is 32.4 Å². The summed E-state index contributed by atoms with van der Waals surface area (Å²) in [6.45, 7) is 2.33. The summed E-state index contributed by atoms with van der Waals surface area (Å²) in [4.78, 5) is 22.0. The molecule has 0 radical (unpaired) electrons. The molecule has 1 saturated heterocycles. The molecule has 4 N–H and O–H groups in total. The van der Waals surface area contributed by atoms with Crippen LogP contribution >= 0.6 is 24.0 Å². The molecule has 146 valence electrons. The van der Waals surface area contributed by atoms with Crippen LogP contribution in [0.5, 0.6) is 0 Å². The number of aromatic nitrogens is 1. The molecule has 1 fully saturated rings. The summed E-state index contributed by atoms with van der Waals surface area (Å²) in [5, 5.41) is 6.63. The van der Waals surface area contributed by atoms with Crippen molar-refractivity contribution in [2.24, 2.45) is 10.7 Å². The quantitative estimate of drug-likeness (QED) is 0.339. The number of halogens is 1. The summed E-state index contributed by atoms with van der Waals surface area (Å²) in [5.74, 6) is 1.95. The van der Waals surface area contributed by atoms with Gasteiger partial charge in [0.15, 0.2) is 11.7 Å². The molecule has 0 aromatic carbocycles. The molecule has 9 heteroatoms. The molecule has 0 unspecified atom stereocenters. The summed E-state index contributed by atoms with van der Waals surface area (Å²) < 4.78 is 5.36. The number of guanidine groups is 1. The van der Waals surface area contributed by atoms with Crippen LogP contribution in [0.2, 0.25) is 0 Å². The lowest BCUT2D eigenvalue weighted by Crippen LogP contribution is -2.48. The Balaban J connectivity index is 0.00000261. The van der Waals surface area contributed by atoms with Gasteiger partial charge in [-0.05, 0) is 37.1 Å². The molecule has 2 aromatic rings. The lowest BCUT2D eigenvalue weighted by Gasteiger charge is -2.33. The monoisotopic (exact) mass is 484 g/mol. The molecular weight excluding hydrogens is 459 g/mol. The fourth-order valence-electron chi connectivity index (χ4n) is 2.96. The van der Waals surface area contributed by atoms with Crippen LogP contribution in [0, 0.1) is 0 Å². The average Bonchev–Trinajstić information content (AvgIpc) is 3.16. The third-order valence-electron chi connectivity index (χ3n) is 4.37. The van der Waals surface area contributed by atoms with Crippen LogP contribution in [0.4, 0.5) is 5.82 Å². The van der Waals surface area contributed by atoms with Gasteiger partial charge < -0.3 is 25.7 Å². The number of nitrogens with one attached hydrogen (secondary N) is 2. The van der Waals surface area contributed by atoms with Gasteiger partial charge >= 0.3 is 0 Å². The smallest absolute Gasteiger partial charge is 0.284 e. The number of hydrogen-bond acceptors (Lipinski definition) is 5. The molecular formula is C18H25IN6O2. The van der Waals surface area contributed by atoms with Gasteiger partial charge in [0.25, 0.3) is 5.91 Å². The normalized spacial score (nSPS) is 15.1. The van der Waals surface area contributed by atoms with E-state index in [2.05, 4.69) is 25.5 Å². The van der Waals surface area contributed by atoms with E-state index in [4.69, 9.17) is 10.2 Å². The van der Waals surface area contributed by atoms with E-state index in [-0.39, 0.29) is 29.7 Å². The highest BCUT2D eigenvalue weighted by Gasteiger charge is 2.20. The molecule has 0 spiro atoms. The van der Waals surface area contributed by atoms with Gasteiger partial charge in [-0.1, -0.05) is 6.07 Å². The van der Waals surface area contributed by atoms with Gasteiger partial charge in [0.05, 0.1) is 6.54 Å². The Bertz CT molecular complexity index is 756. The lowest BCUT2D eigenvalue weighted by molar-refractivity contribution is 0.0972. The number of furan rings is 1. The summed E-state index contributed by atoms with van der Waals surface area (Å²) in [6, 6.07) is 9.63. The summed E-state index contributed by atoms with van der Waals surface area (Å²) in [5.41, 5.74) is 5.19. The first-order chi connectivity index (χ1) is 12.7. The number of nitrogens with zero attached hydrogens (tertiary/aromatic N) is 3. The first-order valence-electron chi connectivity index (χ1n) is 8.67. The minimum absolute atomic E-state index is 0. The van der Waals surface area contributed by atoms with Crippen LogP contribution in [0.1, 0.15) is 29.2 Å². The fourth-order valence-corrected chi connectivity index (χ4v) is 2.96. The summed E-state index contributed by atoms with van der Waals surface area (Å²) in [6.07, 6.45) is 3.83. The molecule has 1 aliphatic heterocycles. The molecule has 0 bridgehead atoms. The van der Waals surface area contributed by atoms with Crippen LogP contribution in [-0.2, 0) is 6.54 Å². The van der Waals surface area contributed by atoms with Crippen LogP contribution < -0.4 is 21.3 Å². The first-order valence-corrected chi connectivity index (χ1v) is 8.67. The number of aliphatic imine (C=N–C) groups is 1. The van der Waals surface area contributed by atoms with Crippen LogP contribution in [0.15, 0.2) is 45.9 Å². The Morgan fingerprint density at radius 1 is 1.33 bits per heavy atom. The first kappa shape index (κ1) is 21.0. The predicted octanol–water partition coefficient (Wildman–Crippen LogP) is 1.73. The van der Waals surface area contributed by atoms with E-state index in [1.807, 2.05) is 24.4 Å². The Labute approximate surface area is 175 Å². The Morgan fingerprint density at radius 2 is 2.11 bits per heavy atom. The van der Waals surface area contributed by atoms with E-state index in [9.17, 15) is 4.79 Å². The average molecular weight is 484 g/mol. The maximum absolute atomic E-state index is 11.1. The van der Waals surface area contributed by atoms with E-state index in [0.29, 0.717) is 24.3 Å². The molecule has 0 atom stereocenters.